The molecule has 0 radical (unpaired) electrons. The number of hydrogen-bond donors (Lipinski definition) is 2. The van der Waals surface area contributed by atoms with Crippen LogP contribution in [0.2, 0.25) is 0 Å². The quantitative estimate of drug-likeness (QED) is 0.568. The van der Waals surface area contributed by atoms with Crippen molar-refractivity contribution in [1.82, 2.24) is 10.2 Å². The summed E-state index contributed by atoms with van der Waals surface area (Å²) >= 11 is 0. The maximum absolute atomic E-state index is 12.1. The molecule has 0 aliphatic carbocycles. The van der Waals surface area contributed by atoms with Gasteiger partial charge in [-0.25, -0.2) is 9.59 Å². The molecule has 8 nitrogen and oxygen atoms in total. The van der Waals surface area contributed by atoms with Crippen molar-refractivity contribution in [3.63, 3.8) is 0 Å². The number of carbonyl (C=O) groups excluding carboxylic acids is 2. The second-order valence-corrected chi connectivity index (χ2v) is 4.43. The smallest absolute Gasteiger partial charge is 0.326 e. The fourth-order valence-corrected chi connectivity index (χ4v) is 1.63. The predicted octanol–water partition coefficient (Wildman–Crippen LogP) is 0.461. The summed E-state index contributed by atoms with van der Waals surface area (Å²) in [5.41, 5.74) is 0. The Morgan fingerprint density at radius 2 is 1.90 bits per heavy atom. The van der Waals surface area contributed by atoms with Gasteiger partial charge in [-0.3, -0.25) is 4.79 Å². The summed E-state index contributed by atoms with van der Waals surface area (Å²) in [5.74, 6) is -1.52. The lowest BCUT2D eigenvalue weighted by atomic mass is 10.2. The van der Waals surface area contributed by atoms with E-state index in [2.05, 4.69) is 10.1 Å². The Hall–Kier alpha value is -1.83. The summed E-state index contributed by atoms with van der Waals surface area (Å²) in [6, 6.07) is -1.47. The molecular formula is C13H24N2O6. The van der Waals surface area contributed by atoms with Crippen molar-refractivity contribution in [1.29, 1.82) is 0 Å². The highest BCUT2D eigenvalue weighted by atomic mass is 16.5. The van der Waals surface area contributed by atoms with Crippen LogP contribution in [0.5, 0.6) is 0 Å². The number of methoxy groups -OCH3 is 2. The summed E-state index contributed by atoms with van der Waals surface area (Å²) in [6.07, 6.45) is 1.02. The molecule has 2 amide bonds. The number of carbonyl (C=O) groups is 3. The van der Waals surface area contributed by atoms with Crippen molar-refractivity contribution < 1.29 is 29.0 Å². The zero-order valence-corrected chi connectivity index (χ0v) is 12.8. The van der Waals surface area contributed by atoms with Crippen molar-refractivity contribution in [3.8, 4) is 0 Å². The van der Waals surface area contributed by atoms with Crippen LogP contribution in [-0.4, -0.2) is 67.9 Å². The third kappa shape index (κ3) is 8.13. The minimum atomic E-state index is -1.08. The Kier molecular flexibility index (Phi) is 9.95. The number of nitrogens with zero attached hydrogens (tertiary/aromatic N) is 1. The van der Waals surface area contributed by atoms with E-state index in [1.165, 1.54) is 19.1 Å². The van der Waals surface area contributed by atoms with Gasteiger partial charge >= 0.3 is 18.0 Å². The van der Waals surface area contributed by atoms with Crippen LogP contribution < -0.4 is 5.32 Å². The maximum atomic E-state index is 12.1. The molecule has 8 heteroatoms. The van der Waals surface area contributed by atoms with Crippen LogP contribution >= 0.6 is 0 Å². The Labute approximate surface area is 124 Å². The minimum Gasteiger partial charge on any atom is -0.480 e. The molecule has 0 spiro atoms. The predicted molar refractivity (Wildman–Crippen MR) is 74.9 cm³/mol. The molecule has 0 rings (SSSR count). The lowest BCUT2D eigenvalue weighted by Crippen LogP contribution is -2.49. The van der Waals surface area contributed by atoms with Crippen LogP contribution in [0.15, 0.2) is 0 Å². The molecule has 0 aliphatic heterocycles. The molecule has 0 unspecified atom stereocenters. The highest BCUT2D eigenvalue weighted by Gasteiger charge is 2.22. The number of carboxylic acid groups (broad SMARTS) is 1. The fourth-order valence-electron chi connectivity index (χ4n) is 1.63. The first kappa shape index (κ1) is 19.2. The van der Waals surface area contributed by atoms with Gasteiger partial charge in [-0.15, -0.1) is 0 Å². The highest BCUT2D eigenvalue weighted by Crippen LogP contribution is 2.01. The fraction of sp³-hybridized carbons (Fsp3) is 0.769. The molecule has 0 saturated carbocycles. The summed E-state index contributed by atoms with van der Waals surface area (Å²) < 4.78 is 9.42. The monoisotopic (exact) mass is 304 g/mol. The molecule has 0 fully saturated rings. The van der Waals surface area contributed by atoms with Crippen LogP contribution in [-0.2, 0) is 19.1 Å². The second-order valence-electron chi connectivity index (χ2n) is 4.43. The van der Waals surface area contributed by atoms with E-state index in [1.807, 2.05) is 6.92 Å². The highest BCUT2D eigenvalue weighted by molar-refractivity contribution is 5.82. The van der Waals surface area contributed by atoms with E-state index in [0.29, 0.717) is 19.4 Å². The van der Waals surface area contributed by atoms with Gasteiger partial charge in [0.15, 0.2) is 0 Å². The number of aliphatic carboxylic acids is 1. The van der Waals surface area contributed by atoms with E-state index < -0.39 is 24.0 Å². The Bertz CT molecular complexity index is 348. The van der Waals surface area contributed by atoms with Gasteiger partial charge in [-0.2, -0.15) is 0 Å². The lowest BCUT2D eigenvalue weighted by molar-refractivity contribution is -0.141. The maximum Gasteiger partial charge on any atom is 0.326 e. The zero-order chi connectivity index (χ0) is 16.3. The zero-order valence-electron chi connectivity index (χ0n) is 12.8. The van der Waals surface area contributed by atoms with Gasteiger partial charge < -0.3 is 24.8 Å². The standard InChI is InChI=1S/C13H24N2O6/c1-4-5-10(12(17)18)14-13(19)15(8-9-20-2)7-6-11(16)21-3/h10H,4-9H2,1-3H3,(H,14,19)(H,17,18)/t10-/m0/s1. The van der Waals surface area contributed by atoms with E-state index >= 15 is 0 Å². The molecular weight excluding hydrogens is 280 g/mol. The van der Waals surface area contributed by atoms with Crippen LogP contribution in [0.25, 0.3) is 0 Å². The van der Waals surface area contributed by atoms with Crippen LogP contribution in [0, 0.1) is 0 Å². The number of amides is 2. The lowest BCUT2D eigenvalue weighted by Gasteiger charge is -2.24. The normalized spacial score (nSPS) is 11.6. The van der Waals surface area contributed by atoms with Gasteiger partial charge in [0.05, 0.1) is 20.1 Å². The molecule has 0 aromatic carbocycles. The molecule has 0 bridgehead atoms. The molecule has 0 aromatic heterocycles. The summed E-state index contributed by atoms with van der Waals surface area (Å²) in [7, 11) is 2.76. The van der Waals surface area contributed by atoms with Crippen LogP contribution in [0.1, 0.15) is 26.2 Å². The molecule has 1 atom stereocenters. The Morgan fingerprint density at radius 3 is 2.38 bits per heavy atom. The number of ether oxygens (including phenoxy) is 2. The van der Waals surface area contributed by atoms with E-state index in [0.717, 1.165) is 0 Å². The third-order valence-corrected chi connectivity index (χ3v) is 2.84. The van der Waals surface area contributed by atoms with Gasteiger partial charge in [-0.1, -0.05) is 13.3 Å². The molecule has 0 saturated heterocycles. The largest absolute Gasteiger partial charge is 0.480 e. The number of esters is 1. The Morgan fingerprint density at radius 1 is 1.24 bits per heavy atom. The van der Waals surface area contributed by atoms with E-state index in [9.17, 15) is 14.4 Å². The average Bonchev–Trinajstić information content (AvgIpc) is 2.46. The van der Waals surface area contributed by atoms with E-state index in [4.69, 9.17) is 9.84 Å². The summed E-state index contributed by atoms with van der Waals surface area (Å²) in [4.78, 5) is 35.6. The van der Waals surface area contributed by atoms with Gasteiger partial charge in [0.25, 0.3) is 0 Å². The molecule has 122 valence electrons. The van der Waals surface area contributed by atoms with Crippen molar-refractivity contribution in [2.75, 3.05) is 33.9 Å². The van der Waals surface area contributed by atoms with Gasteiger partial charge in [-0.05, 0) is 6.42 Å². The van der Waals surface area contributed by atoms with Gasteiger partial charge in [0, 0.05) is 20.2 Å². The third-order valence-electron chi connectivity index (χ3n) is 2.84. The first-order valence-corrected chi connectivity index (χ1v) is 6.80. The van der Waals surface area contributed by atoms with E-state index in [1.54, 1.807) is 0 Å². The van der Waals surface area contributed by atoms with Crippen molar-refractivity contribution in [3.05, 3.63) is 0 Å². The molecule has 2 N–H and O–H groups in total. The second kappa shape index (κ2) is 10.9. The van der Waals surface area contributed by atoms with Crippen molar-refractivity contribution >= 4 is 18.0 Å². The number of rotatable bonds is 10. The minimum absolute atomic E-state index is 0.0408. The van der Waals surface area contributed by atoms with Crippen LogP contribution in [0.3, 0.4) is 0 Å². The summed E-state index contributed by atoms with van der Waals surface area (Å²) in [6.45, 7) is 2.53. The number of carboxylic acids is 1. The van der Waals surface area contributed by atoms with Crippen molar-refractivity contribution in [2.24, 2.45) is 0 Å². The van der Waals surface area contributed by atoms with E-state index in [-0.39, 0.29) is 19.5 Å². The topological polar surface area (TPSA) is 105 Å². The Balaban J connectivity index is 4.60. The number of hydrogen-bond acceptors (Lipinski definition) is 5. The molecule has 0 aromatic rings. The number of urea groups is 1. The number of nitrogens with one attached hydrogen (secondary N) is 1. The SMILES string of the molecule is CCC[C@H](NC(=O)N(CCOC)CCC(=O)OC)C(=O)O. The molecule has 0 heterocycles. The molecule has 0 aliphatic rings. The molecule has 21 heavy (non-hydrogen) atoms. The summed E-state index contributed by atoms with van der Waals surface area (Å²) in [5, 5.41) is 11.5. The van der Waals surface area contributed by atoms with Crippen molar-refractivity contribution in [2.45, 2.75) is 32.2 Å². The first-order valence-electron chi connectivity index (χ1n) is 6.80. The average molecular weight is 304 g/mol. The van der Waals surface area contributed by atoms with Gasteiger partial charge in [0.1, 0.15) is 6.04 Å². The first-order chi connectivity index (χ1) is 9.96. The van der Waals surface area contributed by atoms with Crippen LogP contribution in [0.4, 0.5) is 4.79 Å². The van der Waals surface area contributed by atoms with Gasteiger partial charge in [0.2, 0.25) is 0 Å².